The van der Waals surface area contributed by atoms with Crippen LogP contribution in [0.15, 0.2) is 48.5 Å². The van der Waals surface area contributed by atoms with Gasteiger partial charge < -0.3 is 5.32 Å². The molecular formula is C24H29FN2O2S. The summed E-state index contributed by atoms with van der Waals surface area (Å²) in [5, 5.41) is 2.73. The highest BCUT2D eigenvalue weighted by molar-refractivity contribution is 8.00. The Bertz CT molecular complexity index is 925. The first-order chi connectivity index (χ1) is 14.1. The number of amides is 2. The molecule has 1 fully saturated rings. The van der Waals surface area contributed by atoms with Gasteiger partial charge in [-0.3, -0.25) is 14.5 Å². The van der Waals surface area contributed by atoms with Crippen molar-refractivity contribution in [3.63, 3.8) is 0 Å². The predicted octanol–water partition coefficient (Wildman–Crippen LogP) is 6.01. The van der Waals surface area contributed by atoms with Crippen LogP contribution in [0.1, 0.15) is 51.5 Å². The Labute approximate surface area is 182 Å². The highest BCUT2D eigenvalue weighted by Gasteiger charge is 2.34. The van der Waals surface area contributed by atoms with E-state index in [0.29, 0.717) is 29.5 Å². The number of nitrogens with one attached hydrogen (secondary N) is 1. The Morgan fingerprint density at radius 2 is 1.97 bits per heavy atom. The molecule has 1 aliphatic heterocycles. The number of hydrogen-bond donors (Lipinski definition) is 1. The van der Waals surface area contributed by atoms with E-state index in [4.69, 9.17) is 0 Å². The predicted molar refractivity (Wildman–Crippen MR) is 122 cm³/mol. The number of halogens is 1. The molecule has 1 saturated heterocycles. The largest absolute Gasteiger partial charge is 0.326 e. The summed E-state index contributed by atoms with van der Waals surface area (Å²) in [7, 11) is 0. The van der Waals surface area contributed by atoms with Crippen LogP contribution in [0.5, 0.6) is 0 Å². The molecule has 0 radical (unpaired) electrons. The summed E-state index contributed by atoms with van der Waals surface area (Å²) in [6.07, 6.45) is 1.44. The Kier molecular flexibility index (Phi) is 6.86. The molecule has 30 heavy (non-hydrogen) atoms. The van der Waals surface area contributed by atoms with Gasteiger partial charge in [-0.1, -0.05) is 45.9 Å². The number of carbonyl (C=O) groups excluding carboxylic acids is 2. The topological polar surface area (TPSA) is 49.4 Å². The van der Waals surface area contributed by atoms with Gasteiger partial charge in [0.15, 0.2) is 0 Å². The van der Waals surface area contributed by atoms with Crippen LogP contribution in [0.3, 0.4) is 0 Å². The summed E-state index contributed by atoms with van der Waals surface area (Å²) in [5.41, 5.74) is 2.34. The summed E-state index contributed by atoms with van der Waals surface area (Å²) in [5.74, 6) is 0.185. The molecule has 0 aliphatic carbocycles. The van der Waals surface area contributed by atoms with Crippen molar-refractivity contribution in [2.75, 3.05) is 16.0 Å². The minimum atomic E-state index is -0.374. The van der Waals surface area contributed by atoms with E-state index in [0.717, 1.165) is 12.0 Å². The number of carbonyl (C=O) groups is 2. The first-order valence-corrected chi connectivity index (χ1v) is 11.3. The molecular weight excluding hydrogens is 399 g/mol. The highest BCUT2D eigenvalue weighted by Crippen LogP contribution is 2.42. The molecule has 6 heteroatoms. The molecule has 0 spiro atoms. The molecule has 3 rings (SSSR count). The summed E-state index contributed by atoms with van der Waals surface area (Å²) in [4.78, 5) is 26.6. The van der Waals surface area contributed by atoms with Crippen molar-refractivity contribution >= 4 is 35.0 Å². The fourth-order valence-electron chi connectivity index (χ4n) is 3.99. The normalized spacial score (nSPS) is 17.8. The van der Waals surface area contributed by atoms with E-state index in [1.165, 1.54) is 23.9 Å². The fraction of sp³-hybridized carbons (Fsp3) is 0.417. The molecule has 2 aromatic carbocycles. The van der Waals surface area contributed by atoms with Crippen LogP contribution in [-0.2, 0) is 9.59 Å². The zero-order chi connectivity index (χ0) is 21.9. The summed E-state index contributed by atoms with van der Waals surface area (Å²) in [6.45, 7) is 8.63. The number of anilines is 2. The van der Waals surface area contributed by atoms with Crippen molar-refractivity contribution in [2.24, 2.45) is 11.3 Å². The molecule has 0 unspecified atom stereocenters. The second-order valence-corrected chi connectivity index (χ2v) is 10.2. The molecule has 0 bridgehead atoms. The number of rotatable bonds is 6. The molecule has 1 N–H and O–H groups in total. The molecule has 1 heterocycles. The molecule has 2 amide bonds. The maximum Gasteiger partial charge on any atom is 0.238 e. The number of hydrogen-bond acceptors (Lipinski definition) is 3. The highest BCUT2D eigenvalue weighted by atomic mass is 32.2. The van der Waals surface area contributed by atoms with Crippen molar-refractivity contribution in [3.8, 4) is 0 Å². The van der Waals surface area contributed by atoms with Crippen molar-refractivity contribution in [1.29, 1.82) is 0 Å². The van der Waals surface area contributed by atoms with Gasteiger partial charge >= 0.3 is 0 Å². The monoisotopic (exact) mass is 428 g/mol. The van der Waals surface area contributed by atoms with Crippen LogP contribution in [0.4, 0.5) is 15.8 Å². The molecule has 2 aromatic rings. The van der Waals surface area contributed by atoms with E-state index in [1.54, 1.807) is 17.0 Å². The SMILES string of the molecule is C[C@@H](CC(=O)Nc1cccc([C@H]2SCC(=O)N2c2cccc(F)c2)c1)CC(C)(C)C. The van der Waals surface area contributed by atoms with Gasteiger partial charge in [-0.05, 0) is 53.6 Å². The molecule has 2 atom stereocenters. The summed E-state index contributed by atoms with van der Waals surface area (Å²) >= 11 is 1.50. The maximum atomic E-state index is 13.7. The third-order valence-electron chi connectivity index (χ3n) is 4.90. The van der Waals surface area contributed by atoms with Gasteiger partial charge in [-0.15, -0.1) is 11.8 Å². The number of nitrogens with zero attached hydrogens (tertiary/aromatic N) is 1. The van der Waals surface area contributed by atoms with E-state index >= 15 is 0 Å². The smallest absolute Gasteiger partial charge is 0.238 e. The summed E-state index contributed by atoms with van der Waals surface area (Å²) < 4.78 is 13.7. The van der Waals surface area contributed by atoms with E-state index in [2.05, 4.69) is 33.0 Å². The number of benzene rings is 2. The van der Waals surface area contributed by atoms with Crippen LogP contribution in [0, 0.1) is 17.2 Å². The standard InChI is InChI=1S/C24H29FN2O2S/c1-16(14-24(2,3)4)11-21(28)26-19-9-5-7-17(12-19)23-27(22(29)15-30-23)20-10-6-8-18(25)13-20/h5-10,12-13,16,23H,11,14-15H2,1-4H3,(H,26,28)/t16-,23+/m0/s1. The van der Waals surface area contributed by atoms with Crippen molar-refractivity contribution in [1.82, 2.24) is 0 Å². The lowest BCUT2D eigenvalue weighted by atomic mass is 9.84. The summed E-state index contributed by atoms with van der Waals surface area (Å²) in [6, 6.07) is 13.6. The lowest BCUT2D eigenvalue weighted by Gasteiger charge is -2.25. The zero-order valence-electron chi connectivity index (χ0n) is 17.9. The molecule has 4 nitrogen and oxygen atoms in total. The minimum Gasteiger partial charge on any atom is -0.326 e. The quantitative estimate of drug-likeness (QED) is 0.613. The van der Waals surface area contributed by atoms with E-state index < -0.39 is 0 Å². The molecule has 0 saturated carbocycles. The lowest BCUT2D eigenvalue weighted by Crippen LogP contribution is -2.28. The first-order valence-electron chi connectivity index (χ1n) is 10.2. The fourth-order valence-corrected chi connectivity index (χ4v) is 5.16. The molecule has 160 valence electrons. The van der Waals surface area contributed by atoms with Crippen molar-refractivity contribution < 1.29 is 14.0 Å². The lowest BCUT2D eigenvalue weighted by molar-refractivity contribution is -0.117. The zero-order valence-corrected chi connectivity index (χ0v) is 18.8. The van der Waals surface area contributed by atoms with Gasteiger partial charge in [0.25, 0.3) is 0 Å². The molecule has 0 aromatic heterocycles. The van der Waals surface area contributed by atoms with Gasteiger partial charge in [0, 0.05) is 17.8 Å². The maximum absolute atomic E-state index is 13.7. The molecule has 1 aliphatic rings. The Balaban J connectivity index is 1.73. The third kappa shape index (κ3) is 5.85. The average molecular weight is 429 g/mol. The first kappa shape index (κ1) is 22.3. The Morgan fingerprint density at radius 1 is 1.23 bits per heavy atom. The Morgan fingerprint density at radius 3 is 2.67 bits per heavy atom. The minimum absolute atomic E-state index is 0.0129. The van der Waals surface area contributed by atoms with Crippen LogP contribution >= 0.6 is 11.8 Å². The third-order valence-corrected chi connectivity index (χ3v) is 6.12. The number of thioether (sulfide) groups is 1. The van der Waals surface area contributed by atoms with Crippen LogP contribution in [-0.4, -0.2) is 17.6 Å². The van der Waals surface area contributed by atoms with E-state index in [1.807, 2.05) is 24.3 Å². The van der Waals surface area contributed by atoms with Gasteiger partial charge in [0.2, 0.25) is 11.8 Å². The second-order valence-electron chi connectivity index (χ2n) is 9.15. The van der Waals surface area contributed by atoms with E-state index in [9.17, 15) is 14.0 Å². The van der Waals surface area contributed by atoms with Crippen molar-refractivity contribution in [2.45, 2.75) is 45.9 Å². The van der Waals surface area contributed by atoms with Gasteiger partial charge in [-0.2, -0.15) is 0 Å². The van der Waals surface area contributed by atoms with Gasteiger partial charge in [0.1, 0.15) is 11.2 Å². The Hall–Kier alpha value is -2.34. The average Bonchev–Trinajstić information content (AvgIpc) is 3.01. The van der Waals surface area contributed by atoms with E-state index in [-0.39, 0.29) is 28.4 Å². The van der Waals surface area contributed by atoms with Crippen LogP contribution in [0.2, 0.25) is 0 Å². The van der Waals surface area contributed by atoms with Crippen LogP contribution < -0.4 is 10.2 Å². The van der Waals surface area contributed by atoms with Gasteiger partial charge in [-0.25, -0.2) is 4.39 Å². The van der Waals surface area contributed by atoms with Gasteiger partial charge in [0.05, 0.1) is 5.75 Å². The van der Waals surface area contributed by atoms with Crippen molar-refractivity contribution in [3.05, 3.63) is 59.9 Å². The second kappa shape index (κ2) is 9.21. The van der Waals surface area contributed by atoms with Crippen LogP contribution in [0.25, 0.3) is 0 Å².